The molecular formula is C15H20N2O5S. The summed E-state index contributed by atoms with van der Waals surface area (Å²) in [5.74, 6) is 0.768. The zero-order chi connectivity index (χ0) is 17.3. The van der Waals surface area contributed by atoms with Crippen molar-refractivity contribution >= 4 is 10.0 Å². The third-order valence-corrected chi connectivity index (χ3v) is 6.20. The summed E-state index contributed by atoms with van der Waals surface area (Å²) in [5, 5.41) is 9.47. The Hall–Kier alpha value is -1.82. The predicted octanol–water partition coefficient (Wildman–Crippen LogP) is 1.32. The van der Waals surface area contributed by atoms with Gasteiger partial charge in [0.15, 0.2) is 11.5 Å². The van der Waals surface area contributed by atoms with Crippen molar-refractivity contribution in [1.29, 1.82) is 5.26 Å². The molecule has 1 unspecified atom stereocenters. The Balaban J connectivity index is 2.54. The third kappa shape index (κ3) is 2.87. The van der Waals surface area contributed by atoms with Crippen LogP contribution >= 0.6 is 0 Å². The molecule has 126 valence electrons. The highest BCUT2D eigenvalue weighted by Gasteiger charge is 2.45. The van der Waals surface area contributed by atoms with E-state index in [0.717, 1.165) is 4.31 Å². The molecule has 0 spiro atoms. The fourth-order valence-corrected chi connectivity index (χ4v) is 4.24. The minimum atomic E-state index is -3.89. The number of hydrogen-bond donors (Lipinski definition) is 0. The monoisotopic (exact) mass is 340 g/mol. The van der Waals surface area contributed by atoms with Gasteiger partial charge in [0.2, 0.25) is 10.0 Å². The van der Waals surface area contributed by atoms with Crippen LogP contribution in [0.1, 0.15) is 12.0 Å². The standard InChI is InChI=1S/C15H20N2O5S/c1-11-7-12(20-3)13(21-4)8-14(11)23(18,19)17(2)15(9-16)5-6-22-10-15/h7-8H,5-6,10H2,1-4H3. The molecule has 1 aromatic rings. The maximum absolute atomic E-state index is 13.0. The molecule has 23 heavy (non-hydrogen) atoms. The summed E-state index contributed by atoms with van der Waals surface area (Å²) in [4.78, 5) is 0.0826. The highest BCUT2D eigenvalue weighted by molar-refractivity contribution is 7.89. The molecule has 1 aromatic carbocycles. The summed E-state index contributed by atoms with van der Waals surface area (Å²) >= 11 is 0. The fraction of sp³-hybridized carbons (Fsp3) is 0.533. The SMILES string of the molecule is COc1cc(C)c(S(=O)(=O)N(C)C2(C#N)CCOC2)cc1OC. The summed E-state index contributed by atoms with van der Waals surface area (Å²) in [6, 6.07) is 5.11. The lowest BCUT2D eigenvalue weighted by Gasteiger charge is -2.30. The molecule has 2 rings (SSSR count). The lowest BCUT2D eigenvalue weighted by Crippen LogP contribution is -2.49. The van der Waals surface area contributed by atoms with Crippen molar-refractivity contribution in [1.82, 2.24) is 4.31 Å². The van der Waals surface area contributed by atoms with Crippen LogP contribution in [0.15, 0.2) is 17.0 Å². The first-order valence-corrected chi connectivity index (χ1v) is 8.47. The van der Waals surface area contributed by atoms with Crippen LogP contribution < -0.4 is 9.47 Å². The zero-order valence-electron chi connectivity index (χ0n) is 13.6. The number of sulfonamides is 1. The second-order valence-corrected chi connectivity index (χ2v) is 7.33. The van der Waals surface area contributed by atoms with Crippen molar-refractivity contribution in [2.24, 2.45) is 0 Å². The van der Waals surface area contributed by atoms with Crippen molar-refractivity contribution in [3.05, 3.63) is 17.7 Å². The zero-order valence-corrected chi connectivity index (χ0v) is 14.4. The minimum absolute atomic E-state index is 0.0611. The highest BCUT2D eigenvalue weighted by Crippen LogP contribution is 2.36. The van der Waals surface area contributed by atoms with Crippen molar-refractivity contribution in [3.63, 3.8) is 0 Å². The number of rotatable bonds is 5. The predicted molar refractivity (Wildman–Crippen MR) is 83.0 cm³/mol. The van der Waals surface area contributed by atoms with Crippen molar-refractivity contribution < 1.29 is 22.6 Å². The van der Waals surface area contributed by atoms with Gasteiger partial charge in [-0.15, -0.1) is 0 Å². The van der Waals surface area contributed by atoms with Crippen LogP contribution in [0.3, 0.4) is 0 Å². The van der Waals surface area contributed by atoms with Gasteiger partial charge < -0.3 is 14.2 Å². The van der Waals surface area contributed by atoms with Crippen LogP contribution in [0.5, 0.6) is 11.5 Å². The van der Waals surface area contributed by atoms with E-state index in [0.29, 0.717) is 30.1 Å². The van der Waals surface area contributed by atoms with Gasteiger partial charge in [-0.2, -0.15) is 9.57 Å². The molecule has 7 nitrogen and oxygen atoms in total. The van der Waals surface area contributed by atoms with Gasteiger partial charge in [-0.1, -0.05) is 0 Å². The van der Waals surface area contributed by atoms with Crippen LogP contribution in [0.2, 0.25) is 0 Å². The van der Waals surface area contributed by atoms with Crippen molar-refractivity contribution in [3.8, 4) is 17.6 Å². The Labute approximate surface area is 136 Å². The first-order valence-electron chi connectivity index (χ1n) is 7.03. The Morgan fingerprint density at radius 3 is 2.39 bits per heavy atom. The lowest BCUT2D eigenvalue weighted by molar-refractivity contribution is 0.162. The van der Waals surface area contributed by atoms with Gasteiger partial charge in [0.05, 0.1) is 31.8 Å². The van der Waals surface area contributed by atoms with Gasteiger partial charge in [0.25, 0.3) is 0 Å². The average Bonchev–Trinajstić information content (AvgIpc) is 3.03. The molecule has 1 saturated heterocycles. The number of nitriles is 1. The molecule has 0 saturated carbocycles. The largest absolute Gasteiger partial charge is 0.493 e. The first-order chi connectivity index (χ1) is 10.8. The highest BCUT2D eigenvalue weighted by atomic mass is 32.2. The quantitative estimate of drug-likeness (QED) is 0.803. The Morgan fingerprint density at radius 1 is 1.30 bits per heavy atom. The number of benzene rings is 1. The van der Waals surface area contributed by atoms with Crippen LogP contribution in [-0.4, -0.2) is 52.7 Å². The maximum Gasteiger partial charge on any atom is 0.244 e. The van der Waals surface area contributed by atoms with Crippen molar-refractivity contribution in [2.75, 3.05) is 34.5 Å². The Morgan fingerprint density at radius 2 is 1.91 bits per heavy atom. The molecule has 8 heteroatoms. The number of aryl methyl sites for hydroxylation is 1. The van der Waals surface area contributed by atoms with Gasteiger partial charge in [0.1, 0.15) is 5.54 Å². The molecule has 1 fully saturated rings. The molecule has 0 aliphatic carbocycles. The molecule has 1 heterocycles. The van der Waals surface area contributed by atoms with E-state index in [1.807, 2.05) is 0 Å². The molecule has 1 aliphatic heterocycles. The average molecular weight is 340 g/mol. The van der Waals surface area contributed by atoms with Gasteiger partial charge in [0, 0.05) is 26.1 Å². The number of hydrogen-bond acceptors (Lipinski definition) is 6. The Bertz CT molecular complexity index is 733. The van der Waals surface area contributed by atoms with Gasteiger partial charge in [-0.05, 0) is 18.6 Å². The van der Waals surface area contributed by atoms with Crippen LogP contribution in [0.4, 0.5) is 0 Å². The van der Waals surface area contributed by atoms with E-state index in [1.54, 1.807) is 13.0 Å². The van der Waals surface area contributed by atoms with E-state index in [9.17, 15) is 13.7 Å². The van der Waals surface area contributed by atoms with E-state index in [4.69, 9.17) is 14.2 Å². The second kappa shape index (κ2) is 6.35. The molecule has 0 amide bonds. The van der Waals surface area contributed by atoms with Crippen molar-refractivity contribution in [2.45, 2.75) is 23.8 Å². The van der Waals surface area contributed by atoms with Crippen LogP contribution in [0, 0.1) is 18.3 Å². The maximum atomic E-state index is 13.0. The summed E-state index contributed by atoms with van der Waals surface area (Å²) in [5.41, 5.74) is -0.667. The Kier molecular flexibility index (Phi) is 4.84. The van der Waals surface area contributed by atoms with Gasteiger partial charge in [-0.3, -0.25) is 0 Å². The number of ether oxygens (including phenoxy) is 3. The smallest absolute Gasteiger partial charge is 0.244 e. The molecule has 0 aromatic heterocycles. The molecule has 1 atom stereocenters. The minimum Gasteiger partial charge on any atom is -0.493 e. The van der Waals surface area contributed by atoms with E-state index >= 15 is 0 Å². The van der Waals surface area contributed by atoms with Gasteiger partial charge >= 0.3 is 0 Å². The number of likely N-dealkylation sites (N-methyl/N-ethyl adjacent to an activating group) is 1. The van der Waals surface area contributed by atoms with E-state index in [-0.39, 0.29) is 11.5 Å². The normalized spacial score (nSPS) is 21.2. The van der Waals surface area contributed by atoms with E-state index < -0.39 is 15.6 Å². The second-order valence-electron chi connectivity index (χ2n) is 5.39. The van der Waals surface area contributed by atoms with Gasteiger partial charge in [-0.25, -0.2) is 8.42 Å². The fourth-order valence-electron chi connectivity index (χ4n) is 2.58. The number of nitrogens with zero attached hydrogens (tertiary/aromatic N) is 2. The van der Waals surface area contributed by atoms with E-state index in [2.05, 4.69) is 6.07 Å². The molecule has 0 N–H and O–H groups in total. The molecule has 0 radical (unpaired) electrons. The topological polar surface area (TPSA) is 88.9 Å². The summed E-state index contributed by atoms with van der Waals surface area (Å²) in [7, 11) is 0.444. The molecule has 0 bridgehead atoms. The number of methoxy groups -OCH3 is 2. The van der Waals surface area contributed by atoms with Crippen LogP contribution in [-0.2, 0) is 14.8 Å². The molecule has 1 aliphatic rings. The van der Waals surface area contributed by atoms with E-state index in [1.165, 1.54) is 27.3 Å². The summed E-state index contributed by atoms with van der Waals surface area (Å²) < 4.78 is 42.7. The molecular weight excluding hydrogens is 320 g/mol. The summed E-state index contributed by atoms with van der Waals surface area (Å²) in [6.07, 6.45) is 0.339. The first kappa shape index (κ1) is 17.5. The van der Waals surface area contributed by atoms with Crippen LogP contribution in [0.25, 0.3) is 0 Å². The summed E-state index contributed by atoms with van der Waals surface area (Å²) in [6.45, 7) is 2.09. The lowest BCUT2D eigenvalue weighted by atomic mass is 10.0. The third-order valence-electron chi connectivity index (χ3n) is 4.13.